The number of nitrogens with two attached hydrogens (primary N) is 1. The number of hydrogen-bond donors (Lipinski definition) is 3. The average Bonchev–Trinajstić information content (AvgIpc) is 2.99. The van der Waals surface area contributed by atoms with Gasteiger partial charge in [0.1, 0.15) is 23.8 Å². The molecular formula is C32H40F2N4O5S. The molecule has 0 saturated heterocycles. The van der Waals surface area contributed by atoms with Crippen molar-refractivity contribution >= 4 is 21.7 Å². The van der Waals surface area contributed by atoms with Crippen LogP contribution < -0.4 is 16.4 Å². The van der Waals surface area contributed by atoms with E-state index < -0.39 is 57.3 Å². The van der Waals surface area contributed by atoms with E-state index in [0.29, 0.717) is 19.4 Å². The van der Waals surface area contributed by atoms with Gasteiger partial charge in [-0.25, -0.2) is 22.0 Å². The van der Waals surface area contributed by atoms with E-state index in [1.165, 1.54) is 24.5 Å². The van der Waals surface area contributed by atoms with E-state index in [2.05, 4.69) is 15.6 Å². The van der Waals surface area contributed by atoms with Crippen LogP contribution in [0.3, 0.4) is 0 Å². The van der Waals surface area contributed by atoms with Crippen molar-refractivity contribution in [2.24, 2.45) is 5.73 Å². The lowest BCUT2D eigenvalue weighted by atomic mass is 10.0. The quantitative estimate of drug-likeness (QED) is 0.193. The van der Waals surface area contributed by atoms with Gasteiger partial charge in [-0.05, 0) is 60.2 Å². The van der Waals surface area contributed by atoms with E-state index in [1.807, 2.05) is 38.1 Å². The fourth-order valence-corrected chi connectivity index (χ4v) is 6.19. The minimum Gasteiger partial charge on any atom is -0.458 e. The van der Waals surface area contributed by atoms with Crippen molar-refractivity contribution in [1.82, 2.24) is 15.6 Å². The van der Waals surface area contributed by atoms with E-state index >= 15 is 0 Å². The maximum Gasteiger partial charge on any atom is 0.330 e. The monoisotopic (exact) mass is 630 g/mol. The molecule has 9 nitrogen and oxygen atoms in total. The van der Waals surface area contributed by atoms with Gasteiger partial charge >= 0.3 is 5.97 Å². The van der Waals surface area contributed by atoms with Gasteiger partial charge in [0.15, 0.2) is 9.84 Å². The molecule has 4 N–H and O–H groups in total. The van der Waals surface area contributed by atoms with E-state index in [9.17, 15) is 26.8 Å². The molecule has 1 heterocycles. The first-order valence-electron chi connectivity index (χ1n) is 14.6. The summed E-state index contributed by atoms with van der Waals surface area (Å²) >= 11 is 0. The van der Waals surface area contributed by atoms with Crippen LogP contribution in [-0.2, 0) is 38.8 Å². The van der Waals surface area contributed by atoms with Crippen LogP contribution in [0.15, 0.2) is 67.0 Å². The largest absolute Gasteiger partial charge is 0.458 e. The van der Waals surface area contributed by atoms with E-state index in [0.717, 1.165) is 35.7 Å². The molecule has 0 bridgehead atoms. The number of aryl methyl sites for hydroxylation is 1. The van der Waals surface area contributed by atoms with Crippen molar-refractivity contribution in [2.45, 2.75) is 64.3 Å². The highest BCUT2D eigenvalue weighted by atomic mass is 32.2. The molecule has 238 valence electrons. The standard InChI is InChI=1S/C32H40F2N4O5S/c1-3-5-12-44(41,42)21-29(38-31(39)25-10-7-11-36-19-25)32(40)43-30(20-37-18-23-9-6-8-22(4-2)13-23)28(35)16-24-14-26(33)17-27(34)15-24/h6-11,13-15,17,19,28-30,37H,3-5,12,16,18,20-21,35H2,1-2H3,(H,38,39)/t28-,29?,30+/m0/s1. The Kier molecular flexibility index (Phi) is 13.4. The van der Waals surface area contributed by atoms with Crippen LogP contribution in [-0.4, -0.2) is 61.5 Å². The smallest absolute Gasteiger partial charge is 0.330 e. The molecule has 0 spiro atoms. The molecule has 1 aromatic heterocycles. The summed E-state index contributed by atoms with van der Waals surface area (Å²) in [6.45, 7) is 4.35. The second kappa shape index (κ2) is 16.9. The average molecular weight is 631 g/mol. The Morgan fingerprint density at radius 1 is 1.00 bits per heavy atom. The number of nitrogens with one attached hydrogen (secondary N) is 2. The van der Waals surface area contributed by atoms with Gasteiger partial charge in [-0.1, -0.05) is 44.5 Å². The summed E-state index contributed by atoms with van der Waals surface area (Å²) in [6.07, 6.45) is 3.55. The molecule has 2 aromatic carbocycles. The molecular weight excluding hydrogens is 590 g/mol. The molecule has 0 aliphatic carbocycles. The number of aromatic nitrogens is 1. The van der Waals surface area contributed by atoms with Crippen LogP contribution >= 0.6 is 0 Å². The van der Waals surface area contributed by atoms with Crippen LogP contribution in [0.5, 0.6) is 0 Å². The number of pyridine rings is 1. The van der Waals surface area contributed by atoms with Crippen molar-refractivity contribution in [3.8, 4) is 0 Å². The predicted molar refractivity (Wildman–Crippen MR) is 164 cm³/mol. The van der Waals surface area contributed by atoms with Crippen molar-refractivity contribution < 1.29 is 31.5 Å². The third-order valence-corrected chi connectivity index (χ3v) is 8.71. The number of amides is 1. The van der Waals surface area contributed by atoms with E-state index in [1.54, 1.807) is 0 Å². The number of carbonyl (C=O) groups is 2. The topological polar surface area (TPSA) is 140 Å². The minimum absolute atomic E-state index is 0.0405. The predicted octanol–water partition coefficient (Wildman–Crippen LogP) is 3.51. The molecule has 3 aromatic rings. The normalized spacial score (nSPS) is 13.6. The molecule has 3 rings (SSSR count). The van der Waals surface area contributed by atoms with Gasteiger partial charge in [0.2, 0.25) is 0 Å². The Balaban J connectivity index is 1.83. The number of benzene rings is 2. The Bertz CT molecular complexity index is 1470. The zero-order valence-electron chi connectivity index (χ0n) is 25.0. The first kappa shape index (κ1) is 34.7. The van der Waals surface area contributed by atoms with Crippen molar-refractivity contribution in [3.63, 3.8) is 0 Å². The highest BCUT2D eigenvalue weighted by Crippen LogP contribution is 2.14. The number of ether oxygens (including phenoxy) is 1. The third kappa shape index (κ3) is 11.4. The Morgan fingerprint density at radius 2 is 1.73 bits per heavy atom. The van der Waals surface area contributed by atoms with Crippen molar-refractivity contribution in [1.29, 1.82) is 0 Å². The first-order valence-corrected chi connectivity index (χ1v) is 16.4. The molecule has 12 heteroatoms. The fraction of sp³-hybridized carbons (Fsp3) is 0.406. The highest BCUT2D eigenvalue weighted by Gasteiger charge is 2.32. The lowest BCUT2D eigenvalue weighted by molar-refractivity contribution is -0.151. The van der Waals surface area contributed by atoms with Gasteiger partial charge in [-0.15, -0.1) is 0 Å². The summed E-state index contributed by atoms with van der Waals surface area (Å²) in [7, 11) is -3.75. The number of sulfone groups is 1. The molecule has 1 amide bonds. The number of rotatable bonds is 17. The number of carbonyl (C=O) groups excluding carboxylic acids is 2. The van der Waals surface area contributed by atoms with Crippen molar-refractivity contribution in [3.05, 3.63) is 101 Å². The molecule has 0 saturated carbocycles. The first-order chi connectivity index (χ1) is 21.0. The van der Waals surface area contributed by atoms with Gasteiger partial charge in [0, 0.05) is 37.6 Å². The molecule has 44 heavy (non-hydrogen) atoms. The summed E-state index contributed by atoms with van der Waals surface area (Å²) in [5.41, 5.74) is 8.96. The molecule has 0 radical (unpaired) electrons. The Morgan fingerprint density at radius 3 is 2.39 bits per heavy atom. The van der Waals surface area contributed by atoms with Crippen LogP contribution in [0, 0.1) is 11.6 Å². The lowest BCUT2D eigenvalue weighted by Crippen LogP contribution is -2.51. The van der Waals surface area contributed by atoms with Gasteiger partial charge < -0.3 is 21.1 Å². The van der Waals surface area contributed by atoms with Crippen molar-refractivity contribution in [2.75, 3.05) is 18.1 Å². The van der Waals surface area contributed by atoms with Crippen LogP contribution in [0.4, 0.5) is 8.78 Å². The maximum atomic E-state index is 13.9. The van der Waals surface area contributed by atoms with Gasteiger partial charge in [0.05, 0.1) is 17.1 Å². The molecule has 3 atom stereocenters. The maximum absolute atomic E-state index is 13.9. The molecule has 1 unspecified atom stereocenters. The molecule has 0 fully saturated rings. The summed E-state index contributed by atoms with van der Waals surface area (Å²) < 4.78 is 59.2. The third-order valence-electron chi connectivity index (χ3n) is 6.96. The Hall–Kier alpha value is -3.74. The summed E-state index contributed by atoms with van der Waals surface area (Å²) in [5.74, 6) is -4.08. The highest BCUT2D eigenvalue weighted by molar-refractivity contribution is 7.91. The minimum atomic E-state index is -3.75. The van der Waals surface area contributed by atoms with Gasteiger partial charge in [-0.3, -0.25) is 9.78 Å². The molecule has 0 aliphatic rings. The van der Waals surface area contributed by atoms with E-state index in [4.69, 9.17) is 10.5 Å². The Labute approximate surface area is 257 Å². The summed E-state index contributed by atoms with van der Waals surface area (Å²) in [6, 6.07) is 11.5. The fourth-order valence-electron chi connectivity index (χ4n) is 4.57. The van der Waals surface area contributed by atoms with Gasteiger partial charge in [-0.2, -0.15) is 0 Å². The number of unbranched alkanes of at least 4 members (excludes halogenated alkanes) is 1. The van der Waals surface area contributed by atoms with E-state index in [-0.39, 0.29) is 29.8 Å². The lowest BCUT2D eigenvalue weighted by Gasteiger charge is -2.27. The van der Waals surface area contributed by atoms with Crippen LogP contribution in [0.2, 0.25) is 0 Å². The number of halogens is 2. The van der Waals surface area contributed by atoms with Crippen LogP contribution in [0.25, 0.3) is 0 Å². The van der Waals surface area contributed by atoms with Gasteiger partial charge in [0.25, 0.3) is 5.91 Å². The number of esters is 1. The van der Waals surface area contributed by atoms with Crippen LogP contribution in [0.1, 0.15) is 53.7 Å². The zero-order chi connectivity index (χ0) is 32.1. The summed E-state index contributed by atoms with van der Waals surface area (Å²) in [5, 5.41) is 5.69. The SMILES string of the molecule is CCCCS(=O)(=O)CC(NC(=O)c1cccnc1)C(=O)O[C@H](CNCc1cccc(CC)c1)[C@@H](N)Cc1cc(F)cc(F)c1. The number of nitrogens with zero attached hydrogens (tertiary/aromatic N) is 1. The second-order valence-corrected chi connectivity index (χ2v) is 12.9. The molecule has 0 aliphatic heterocycles. The zero-order valence-corrected chi connectivity index (χ0v) is 25.8. The second-order valence-electron chi connectivity index (χ2n) is 10.7. The summed E-state index contributed by atoms with van der Waals surface area (Å²) in [4.78, 5) is 30.3. The number of hydrogen-bond acceptors (Lipinski definition) is 8.